The second-order valence-corrected chi connectivity index (χ2v) is 2.08. The number of hydrogen-bond donors (Lipinski definition) is 0. The molecular weight excluding hydrogens is 175 g/mol. The first-order chi connectivity index (χ1) is 5.45. The molecule has 12 heavy (non-hydrogen) atoms. The highest BCUT2D eigenvalue weighted by atomic mass is 19.4. The van der Waals surface area contributed by atoms with Crippen LogP contribution < -0.4 is 0 Å². The lowest BCUT2D eigenvalue weighted by molar-refractivity contribution is -0.157. The van der Waals surface area contributed by atoms with E-state index in [4.69, 9.17) is 0 Å². The van der Waals surface area contributed by atoms with Gasteiger partial charge in [0.2, 0.25) is 0 Å². The van der Waals surface area contributed by atoms with Crippen LogP contribution >= 0.6 is 0 Å². The Balaban J connectivity index is 3.13. The van der Waals surface area contributed by atoms with Crippen molar-refractivity contribution in [3.05, 3.63) is 17.3 Å². The van der Waals surface area contributed by atoms with E-state index in [-0.39, 0.29) is 17.7 Å². The molecule has 1 aromatic heterocycles. The topological polar surface area (TPSA) is 43.1 Å². The summed E-state index contributed by atoms with van der Waals surface area (Å²) in [5.41, 5.74) is -0.0580. The number of oxazole rings is 1. The summed E-state index contributed by atoms with van der Waals surface area (Å²) in [6.45, 7) is 1.27. The molecule has 6 heteroatoms. The van der Waals surface area contributed by atoms with Gasteiger partial charge in [0.05, 0.1) is 5.69 Å². The number of alkyl halides is 3. The lowest BCUT2D eigenvalue weighted by Gasteiger charge is -1.97. The van der Waals surface area contributed by atoms with Crippen molar-refractivity contribution in [3.8, 4) is 0 Å². The van der Waals surface area contributed by atoms with E-state index in [0.29, 0.717) is 0 Å². The molecule has 0 N–H and O–H groups in total. The van der Waals surface area contributed by atoms with E-state index in [0.717, 1.165) is 0 Å². The third-order valence-electron chi connectivity index (χ3n) is 1.18. The van der Waals surface area contributed by atoms with Gasteiger partial charge in [0.25, 0.3) is 0 Å². The fraction of sp³-hybridized carbons (Fsp3) is 0.333. The summed E-state index contributed by atoms with van der Waals surface area (Å²) in [6.07, 6.45) is -4.44. The van der Waals surface area contributed by atoms with E-state index in [2.05, 4.69) is 9.40 Å². The molecular formula is C6H4F3NO2. The van der Waals surface area contributed by atoms with Gasteiger partial charge in [-0.1, -0.05) is 0 Å². The van der Waals surface area contributed by atoms with Crippen molar-refractivity contribution < 1.29 is 22.4 Å². The third-order valence-corrected chi connectivity index (χ3v) is 1.18. The molecule has 0 unspecified atom stereocenters. The molecule has 1 aromatic rings. The highest BCUT2D eigenvalue weighted by molar-refractivity contribution is 5.71. The summed E-state index contributed by atoms with van der Waals surface area (Å²) in [7, 11) is 0. The minimum Gasteiger partial charge on any atom is -0.430 e. The monoisotopic (exact) mass is 179 g/mol. The number of nitrogens with zero attached hydrogens (tertiary/aromatic N) is 1. The molecule has 0 saturated carbocycles. The van der Waals surface area contributed by atoms with Gasteiger partial charge in [-0.05, 0) is 6.92 Å². The SMILES string of the molecule is Cc1nc(C(F)(F)F)oc1C=O. The van der Waals surface area contributed by atoms with Crippen LogP contribution in [0.15, 0.2) is 4.42 Å². The lowest BCUT2D eigenvalue weighted by atomic mass is 10.4. The maximum absolute atomic E-state index is 11.8. The summed E-state index contributed by atoms with van der Waals surface area (Å²) in [5.74, 6) is -1.77. The Kier molecular flexibility index (Phi) is 1.91. The maximum Gasteiger partial charge on any atom is 0.468 e. The largest absolute Gasteiger partial charge is 0.468 e. The number of rotatable bonds is 1. The molecule has 0 aromatic carbocycles. The first kappa shape index (κ1) is 8.76. The van der Waals surface area contributed by atoms with Crippen molar-refractivity contribution in [2.24, 2.45) is 0 Å². The molecule has 0 radical (unpaired) electrons. The molecule has 0 fully saturated rings. The van der Waals surface area contributed by atoms with Gasteiger partial charge in [-0.3, -0.25) is 4.79 Å². The van der Waals surface area contributed by atoms with E-state index in [9.17, 15) is 18.0 Å². The molecule has 66 valence electrons. The number of carbonyl (C=O) groups excluding carboxylic acids is 1. The van der Waals surface area contributed by atoms with Gasteiger partial charge < -0.3 is 4.42 Å². The predicted octanol–water partition coefficient (Wildman–Crippen LogP) is 1.81. The average molecular weight is 179 g/mol. The number of aldehydes is 1. The second kappa shape index (κ2) is 2.62. The van der Waals surface area contributed by atoms with Crippen molar-refractivity contribution in [2.45, 2.75) is 13.1 Å². The summed E-state index contributed by atoms with van der Waals surface area (Å²) < 4.78 is 39.7. The molecule has 3 nitrogen and oxygen atoms in total. The number of hydrogen-bond acceptors (Lipinski definition) is 3. The van der Waals surface area contributed by atoms with E-state index in [1.54, 1.807) is 0 Å². The zero-order chi connectivity index (χ0) is 9.35. The van der Waals surface area contributed by atoms with Crippen LogP contribution in [0.2, 0.25) is 0 Å². The molecule has 0 bridgehead atoms. The number of halogens is 3. The standard InChI is InChI=1S/C6H4F3NO2/c1-3-4(2-11)12-5(10-3)6(7,8)9/h2H,1H3. The van der Waals surface area contributed by atoms with E-state index < -0.39 is 12.1 Å². The first-order valence-electron chi connectivity index (χ1n) is 2.95. The van der Waals surface area contributed by atoms with Crippen molar-refractivity contribution >= 4 is 6.29 Å². The molecule has 1 heterocycles. The first-order valence-corrected chi connectivity index (χ1v) is 2.95. The smallest absolute Gasteiger partial charge is 0.430 e. The summed E-state index contributed by atoms with van der Waals surface area (Å²) in [5, 5.41) is 0. The van der Waals surface area contributed by atoms with Crippen molar-refractivity contribution in [1.29, 1.82) is 0 Å². The molecule has 1 rings (SSSR count). The Hall–Kier alpha value is -1.33. The average Bonchev–Trinajstić information content (AvgIpc) is 2.29. The molecule has 0 amide bonds. The van der Waals surface area contributed by atoms with Gasteiger partial charge in [-0.2, -0.15) is 13.2 Å². The van der Waals surface area contributed by atoms with E-state index in [1.807, 2.05) is 0 Å². The van der Waals surface area contributed by atoms with Gasteiger partial charge in [0.15, 0.2) is 12.0 Å². The van der Waals surface area contributed by atoms with Crippen LogP contribution in [0, 0.1) is 6.92 Å². The Morgan fingerprint density at radius 3 is 2.33 bits per heavy atom. The minimum atomic E-state index is -4.63. The summed E-state index contributed by atoms with van der Waals surface area (Å²) in [4.78, 5) is 13.1. The van der Waals surface area contributed by atoms with Gasteiger partial charge >= 0.3 is 12.1 Å². The van der Waals surface area contributed by atoms with Crippen molar-refractivity contribution in [2.75, 3.05) is 0 Å². The molecule has 0 atom stereocenters. The van der Waals surface area contributed by atoms with Gasteiger partial charge in [0, 0.05) is 0 Å². The Labute approximate surface area is 65.2 Å². The molecule has 0 aliphatic carbocycles. The van der Waals surface area contributed by atoms with Crippen LogP contribution in [-0.2, 0) is 6.18 Å². The quantitative estimate of drug-likeness (QED) is 0.617. The Bertz CT molecular complexity index is 302. The van der Waals surface area contributed by atoms with Crippen LogP contribution in [-0.4, -0.2) is 11.3 Å². The molecule has 0 saturated heterocycles. The minimum absolute atomic E-state index is 0.0580. The van der Waals surface area contributed by atoms with Crippen molar-refractivity contribution in [3.63, 3.8) is 0 Å². The van der Waals surface area contributed by atoms with Crippen LogP contribution in [0.5, 0.6) is 0 Å². The van der Waals surface area contributed by atoms with Crippen LogP contribution in [0.1, 0.15) is 22.1 Å². The highest BCUT2D eigenvalue weighted by Gasteiger charge is 2.37. The molecule has 0 aliphatic rings. The van der Waals surface area contributed by atoms with E-state index in [1.165, 1.54) is 6.92 Å². The van der Waals surface area contributed by atoms with Crippen molar-refractivity contribution in [1.82, 2.24) is 4.98 Å². The fourth-order valence-corrected chi connectivity index (χ4v) is 0.639. The molecule has 0 spiro atoms. The van der Waals surface area contributed by atoms with Crippen LogP contribution in [0.4, 0.5) is 13.2 Å². The normalized spacial score (nSPS) is 11.7. The third kappa shape index (κ3) is 1.46. The van der Waals surface area contributed by atoms with Gasteiger partial charge in [-0.15, -0.1) is 0 Å². The Morgan fingerprint density at radius 2 is 2.08 bits per heavy atom. The predicted molar refractivity (Wildman–Crippen MR) is 31.6 cm³/mol. The lowest BCUT2D eigenvalue weighted by Crippen LogP contribution is -2.04. The summed E-state index contributed by atoms with van der Waals surface area (Å²) in [6, 6.07) is 0. The number of aryl methyl sites for hydroxylation is 1. The Morgan fingerprint density at radius 1 is 1.50 bits per heavy atom. The highest BCUT2D eigenvalue weighted by Crippen LogP contribution is 2.29. The van der Waals surface area contributed by atoms with Gasteiger partial charge in [0.1, 0.15) is 0 Å². The fourth-order valence-electron chi connectivity index (χ4n) is 0.639. The second-order valence-electron chi connectivity index (χ2n) is 2.08. The molecule has 0 aliphatic heterocycles. The van der Waals surface area contributed by atoms with Crippen LogP contribution in [0.25, 0.3) is 0 Å². The number of carbonyl (C=O) groups is 1. The zero-order valence-corrected chi connectivity index (χ0v) is 5.97. The maximum atomic E-state index is 11.8. The van der Waals surface area contributed by atoms with Crippen LogP contribution in [0.3, 0.4) is 0 Å². The van der Waals surface area contributed by atoms with E-state index >= 15 is 0 Å². The summed E-state index contributed by atoms with van der Waals surface area (Å²) >= 11 is 0. The number of aromatic nitrogens is 1. The zero-order valence-electron chi connectivity index (χ0n) is 5.97. The van der Waals surface area contributed by atoms with Gasteiger partial charge in [-0.25, -0.2) is 4.98 Å².